The van der Waals surface area contributed by atoms with Gasteiger partial charge in [0, 0.05) is 25.7 Å². The molecular weight excluding hydrogens is 259 g/mol. The summed E-state index contributed by atoms with van der Waals surface area (Å²) >= 11 is 0. The molecule has 1 unspecified atom stereocenters. The Morgan fingerprint density at radius 2 is 2.25 bits per heavy atom. The van der Waals surface area contributed by atoms with Gasteiger partial charge in [-0.15, -0.1) is 10.2 Å². The van der Waals surface area contributed by atoms with E-state index in [0.717, 1.165) is 44.1 Å². The Labute approximate surface area is 116 Å². The molecule has 1 aliphatic rings. The van der Waals surface area contributed by atoms with Crippen LogP contribution in [0.4, 0.5) is 4.39 Å². The smallest absolute Gasteiger partial charge is 0.147 e. The van der Waals surface area contributed by atoms with E-state index < -0.39 is 0 Å². The lowest BCUT2D eigenvalue weighted by Crippen LogP contribution is -2.35. The summed E-state index contributed by atoms with van der Waals surface area (Å²) in [5.41, 5.74) is 6.82. The maximum absolute atomic E-state index is 12.8. The van der Waals surface area contributed by atoms with Gasteiger partial charge in [-0.1, -0.05) is 0 Å². The van der Waals surface area contributed by atoms with Gasteiger partial charge in [0.25, 0.3) is 0 Å². The SMILES string of the molecule is NC(CCN1CCn2cnnc2C1)c1ccc(F)cn1. The van der Waals surface area contributed by atoms with Crippen LogP contribution in [0.1, 0.15) is 24.0 Å². The van der Waals surface area contributed by atoms with Crippen molar-refractivity contribution in [2.24, 2.45) is 5.73 Å². The standard InChI is InChI=1S/C13H17FN6/c14-10-1-2-12(16-7-10)11(15)3-4-19-5-6-20-9-17-18-13(20)8-19/h1-2,7,9,11H,3-6,8,15H2. The summed E-state index contributed by atoms with van der Waals surface area (Å²) in [6.07, 6.45) is 3.76. The molecule has 0 aliphatic carbocycles. The zero-order chi connectivity index (χ0) is 13.9. The monoisotopic (exact) mass is 276 g/mol. The Balaban J connectivity index is 1.54. The Morgan fingerprint density at radius 1 is 1.35 bits per heavy atom. The number of hydrogen-bond acceptors (Lipinski definition) is 5. The summed E-state index contributed by atoms with van der Waals surface area (Å²) < 4.78 is 14.9. The van der Waals surface area contributed by atoms with E-state index in [-0.39, 0.29) is 11.9 Å². The van der Waals surface area contributed by atoms with Crippen LogP contribution in [0.25, 0.3) is 0 Å². The average molecular weight is 276 g/mol. The topological polar surface area (TPSA) is 72.9 Å². The zero-order valence-corrected chi connectivity index (χ0v) is 11.1. The number of hydrogen-bond donors (Lipinski definition) is 1. The van der Waals surface area contributed by atoms with Gasteiger partial charge in [0.15, 0.2) is 0 Å². The summed E-state index contributed by atoms with van der Waals surface area (Å²) in [5.74, 6) is 0.654. The quantitative estimate of drug-likeness (QED) is 0.890. The van der Waals surface area contributed by atoms with Crippen molar-refractivity contribution in [1.29, 1.82) is 0 Å². The predicted molar refractivity (Wildman–Crippen MR) is 71.0 cm³/mol. The van der Waals surface area contributed by atoms with Crippen LogP contribution in [0.5, 0.6) is 0 Å². The van der Waals surface area contributed by atoms with Crippen molar-refractivity contribution in [3.8, 4) is 0 Å². The molecule has 0 aromatic carbocycles. The minimum absolute atomic E-state index is 0.171. The molecule has 2 N–H and O–H groups in total. The number of nitrogens with two attached hydrogens (primary N) is 1. The zero-order valence-electron chi connectivity index (χ0n) is 11.1. The van der Waals surface area contributed by atoms with Crippen molar-refractivity contribution in [3.05, 3.63) is 42.0 Å². The van der Waals surface area contributed by atoms with Crippen LogP contribution in [0.2, 0.25) is 0 Å². The van der Waals surface area contributed by atoms with E-state index in [2.05, 4.69) is 24.6 Å². The third-order valence-electron chi connectivity index (χ3n) is 3.60. The van der Waals surface area contributed by atoms with E-state index in [9.17, 15) is 4.39 Å². The van der Waals surface area contributed by atoms with Crippen LogP contribution in [0, 0.1) is 5.82 Å². The van der Waals surface area contributed by atoms with Gasteiger partial charge in [-0.05, 0) is 18.6 Å². The second-order valence-corrected chi connectivity index (χ2v) is 5.01. The van der Waals surface area contributed by atoms with E-state index in [1.807, 2.05) is 0 Å². The minimum Gasteiger partial charge on any atom is -0.323 e. The summed E-state index contributed by atoms with van der Waals surface area (Å²) in [5, 5.41) is 7.99. The van der Waals surface area contributed by atoms with Crippen molar-refractivity contribution < 1.29 is 4.39 Å². The molecule has 3 heterocycles. The fraction of sp³-hybridized carbons (Fsp3) is 0.462. The molecule has 0 saturated heterocycles. The highest BCUT2D eigenvalue weighted by Crippen LogP contribution is 2.15. The van der Waals surface area contributed by atoms with Gasteiger partial charge in [0.2, 0.25) is 0 Å². The summed E-state index contributed by atoms with van der Waals surface area (Å²) in [7, 11) is 0. The lowest BCUT2D eigenvalue weighted by molar-refractivity contribution is 0.209. The van der Waals surface area contributed by atoms with E-state index >= 15 is 0 Å². The van der Waals surface area contributed by atoms with E-state index in [0.29, 0.717) is 0 Å². The van der Waals surface area contributed by atoms with Crippen molar-refractivity contribution in [2.45, 2.75) is 25.6 Å². The van der Waals surface area contributed by atoms with Gasteiger partial charge in [0.1, 0.15) is 18.0 Å². The number of aromatic nitrogens is 4. The average Bonchev–Trinajstić information content (AvgIpc) is 2.93. The molecule has 0 saturated carbocycles. The Bertz CT molecular complexity index is 566. The number of nitrogens with zero attached hydrogens (tertiary/aromatic N) is 5. The van der Waals surface area contributed by atoms with Crippen molar-refractivity contribution >= 4 is 0 Å². The maximum atomic E-state index is 12.8. The lowest BCUT2D eigenvalue weighted by atomic mass is 10.1. The van der Waals surface area contributed by atoms with Crippen LogP contribution < -0.4 is 5.73 Å². The molecule has 20 heavy (non-hydrogen) atoms. The van der Waals surface area contributed by atoms with Gasteiger partial charge in [-0.3, -0.25) is 9.88 Å². The molecule has 7 heteroatoms. The molecule has 1 atom stereocenters. The van der Waals surface area contributed by atoms with Crippen LogP contribution in [0.3, 0.4) is 0 Å². The highest BCUT2D eigenvalue weighted by Gasteiger charge is 2.18. The summed E-state index contributed by atoms with van der Waals surface area (Å²) in [6, 6.07) is 2.87. The number of fused-ring (bicyclic) bond motifs is 1. The Hall–Kier alpha value is -1.86. The van der Waals surface area contributed by atoms with Crippen LogP contribution >= 0.6 is 0 Å². The molecule has 3 rings (SSSR count). The molecule has 0 amide bonds. The summed E-state index contributed by atoms with van der Waals surface area (Å²) in [4.78, 5) is 6.32. The molecular formula is C13H17FN6. The van der Waals surface area contributed by atoms with Gasteiger partial charge in [-0.2, -0.15) is 0 Å². The van der Waals surface area contributed by atoms with Gasteiger partial charge < -0.3 is 10.3 Å². The molecule has 0 bridgehead atoms. The molecule has 1 aliphatic heterocycles. The van der Waals surface area contributed by atoms with Crippen LogP contribution in [0.15, 0.2) is 24.7 Å². The second kappa shape index (κ2) is 5.64. The molecule has 2 aromatic heterocycles. The van der Waals surface area contributed by atoms with Gasteiger partial charge in [0.05, 0.1) is 18.4 Å². The Kier molecular flexibility index (Phi) is 3.70. The van der Waals surface area contributed by atoms with E-state index in [1.165, 1.54) is 12.3 Å². The highest BCUT2D eigenvalue weighted by molar-refractivity contribution is 5.09. The van der Waals surface area contributed by atoms with Gasteiger partial charge in [-0.25, -0.2) is 4.39 Å². The first-order valence-corrected chi connectivity index (χ1v) is 6.68. The van der Waals surface area contributed by atoms with E-state index in [1.54, 1.807) is 12.4 Å². The summed E-state index contributed by atoms with van der Waals surface area (Å²) in [6.45, 7) is 3.54. The first-order chi connectivity index (χ1) is 9.72. The van der Waals surface area contributed by atoms with Crippen LogP contribution in [-0.4, -0.2) is 37.7 Å². The van der Waals surface area contributed by atoms with Crippen molar-refractivity contribution in [1.82, 2.24) is 24.6 Å². The molecule has 2 aromatic rings. The third-order valence-corrected chi connectivity index (χ3v) is 3.60. The first kappa shape index (κ1) is 13.1. The third kappa shape index (κ3) is 2.83. The number of halogens is 1. The minimum atomic E-state index is -0.337. The molecule has 6 nitrogen and oxygen atoms in total. The largest absolute Gasteiger partial charge is 0.323 e. The predicted octanol–water partition coefficient (Wildman–Crippen LogP) is 0.718. The maximum Gasteiger partial charge on any atom is 0.147 e. The van der Waals surface area contributed by atoms with E-state index in [4.69, 9.17) is 5.73 Å². The second-order valence-electron chi connectivity index (χ2n) is 5.01. The number of pyridine rings is 1. The Morgan fingerprint density at radius 3 is 3.05 bits per heavy atom. The molecule has 106 valence electrons. The fourth-order valence-electron chi connectivity index (χ4n) is 2.38. The normalized spacial score (nSPS) is 16.9. The van der Waals surface area contributed by atoms with Crippen LogP contribution in [-0.2, 0) is 13.1 Å². The van der Waals surface area contributed by atoms with Crippen molar-refractivity contribution in [3.63, 3.8) is 0 Å². The fourth-order valence-corrected chi connectivity index (χ4v) is 2.38. The number of rotatable bonds is 4. The molecule has 0 radical (unpaired) electrons. The van der Waals surface area contributed by atoms with Crippen molar-refractivity contribution in [2.75, 3.05) is 13.1 Å². The van der Waals surface area contributed by atoms with Gasteiger partial charge >= 0.3 is 0 Å². The molecule has 0 spiro atoms. The molecule has 0 fully saturated rings. The highest BCUT2D eigenvalue weighted by atomic mass is 19.1. The first-order valence-electron chi connectivity index (χ1n) is 6.68. The lowest BCUT2D eigenvalue weighted by Gasteiger charge is -2.27.